The van der Waals surface area contributed by atoms with Gasteiger partial charge < -0.3 is 5.32 Å². The first-order valence-corrected chi connectivity index (χ1v) is 6.22. The Morgan fingerprint density at radius 2 is 1.65 bits per heavy atom. The molecule has 1 unspecified atom stereocenters. The highest BCUT2D eigenvalue weighted by molar-refractivity contribution is 5.49. The van der Waals surface area contributed by atoms with E-state index in [-0.39, 0.29) is 18.5 Å². The van der Waals surface area contributed by atoms with Gasteiger partial charge in [-0.05, 0) is 17.5 Å². The molecule has 1 nitrogen and oxygen atoms in total. The smallest absolute Gasteiger partial charge is 0.185 e. The third-order valence-electron chi connectivity index (χ3n) is 3.60. The Morgan fingerprint density at radius 1 is 1.00 bits per heavy atom. The Hall–Kier alpha value is -2.04. The van der Waals surface area contributed by atoms with E-state index in [1.165, 1.54) is 5.56 Å². The first-order chi connectivity index (χ1) is 9.58. The van der Waals surface area contributed by atoms with Crippen molar-refractivity contribution in [2.75, 3.05) is 11.9 Å². The number of rotatable bonds is 3. The third kappa shape index (κ3) is 2.03. The summed E-state index contributed by atoms with van der Waals surface area (Å²) in [5.41, 5.74) is 1.54. The molecule has 20 heavy (non-hydrogen) atoms. The van der Waals surface area contributed by atoms with Crippen LogP contribution in [-0.4, -0.2) is 6.54 Å². The minimum Gasteiger partial charge on any atom is -0.379 e. The van der Waals surface area contributed by atoms with Crippen molar-refractivity contribution in [2.24, 2.45) is 0 Å². The minimum absolute atomic E-state index is 0.0938. The van der Waals surface area contributed by atoms with Crippen molar-refractivity contribution in [3.8, 4) is 0 Å². The van der Waals surface area contributed by atoms with Gasteiger partial charge in [-0.1, -0.05) is 24.3 Å². The van der Waals surface area contributed by atoms with Crippen molar-refractivity contribution in [2.45, 2.75) is 12.3 Å². The summed E-state index contributed by atoms with van der Waals surface area (Å²) in [7, 11) is 0. The maximum absolute atomic E-state index is 13.5. The van der Waals surface area contributed by atoms with E-state index in [9.17, 15) is 17.6 Å². The molecular formula is C15H11F4N. The van der Waals surface area contributed by atoms with Crippen LogP contribution >= 0.6 is 0 Å². The van der Waals surface area contributed by atoms with E-state index < -0.39 is 29.0 Å². The largest absolute Gasteiger partial charge is 0.379 e. The van der Waals surface area contributed by atoms with Crippen LogP contribution in [0.4, 0.5) is 23.2 Å². The summed E-state index contributed by atoms with van der Waals surface area (Å²) in [6.07, 6.45) is 0.782. The van der Waals surface area contributed by atoms with E-state index in [1.54, 1.807) is 0 Å². The Balaban J connectivity index is 1.78. The number of halogens is 4. The molecule has 0 heterocycles. The fraction of sp³-hybridized carbons (Fsp3) is 0.200. The average Bonchev–Trinajstić information content (AvgIpc) is 2.41. The zero-order valence-corrected chi connectivity index (χ0v) is 10.4. The highest BCUT2D eigenvalue weighted by Gasteiger charge is 2.26. The molecule has 1 N–H and O–H groups in total. The second kappa shape index (κ2) is 4.81. The number of hydrogen-bond donors (Lipinski definition) is 1. The van der Waals surface area contributed by atoms with E-state index in [4.69, 9.17) is 0 Å². The van der Waals surface area contributed by atoms with Gasteiger partial charge in [0.2, 0.25) is 0 Å². The molecule has 0 bridgehead atoms. The number of nitrogens with one attached hydrogen (secondary N) is 1. The van der Waals surface area contributed by atoms with Crippen molar-refractivity contribution >= 4 is 5.69 Å². The molecule has 0 saturated carbocycles. The maximum atomic E-state index is 13.5. The van der Waals surface area contributed by atoms with Gasteiger partial charge in [-0.15, -0.1) is 0 Å². The molecule has 0 fully saturated rings. The monoisotopic (exact) mass is 281 g/mol. The number of benzene rings is 2. The molecule has 3 rings (SSSR count). The van der Waals surface area contributed by atoms with Crippen molar-refractivity contribution in [1.29, 1.82) is 0 Å². The first kappa shape index (κ1) is 13.0. The van der Waals surface area contributed by atoms with Crippen molar-refractivity contribution < 1.29 is 17.6 Å². The Labute approximate surface area is 113 Å². The molecule has 0 aliphatic heterocycles. The zero-order chi connectivity index (χ0) is 14.3. The second-order valence-corrected chi connectivity index (χ2v) is 4.82. The fourth-order valence-electron chi connectivity index (χ4n) is 2.50. The van der Waals surface area contributed by atoms with Crippen LogP contribution < -0.4 is 5.32 Å². The van der Waals surface area contributed by atoms with E-state index in [1.807, 2.05) is 24.3 Å². The van der Waals surface area contributed by atoms with Gasteiger partial charge in [0.05, 0.1) is 0 Å². The van der Waals surface area contributed by atoms with Gasteiger partial charge in [-0.25, -0.2) is 17.6 Å². The molecule has 0 radical (unpaired) electrons. The lowest BCUT2D eigenvalue weighted by Crippen LogP contribution is -2.25. The maximum Gasteiger partial charge on any atom is 0.185 e. The molecule has 1 aliphatic rings. The van der Waals surface area contributed by atoms with Crippen LogP contribution in [0, 0.1) is 23.3 Å². The average molecular weight is 281 g/mol. The minimum atomic E-state index is -1.40. The SMILES string of the molecule is Fc1cc(F)c(F)c(NCC2Cc3ccccc32)c1F. The summed E-state index contributed by atoms with van der Waals surface area (Å²) < 4.78 is 53.0. The summed E-state index contributed by atoms with van der Waals surface area (Å²) in [4.78, 5) is 0. The third-order valence-corrected chi connectivity index (χ3v) is 3.60. The zero-order valence-electron chi connectivity index (χ0n) is 10.4. The highest BCUT2D eigenvalue weighted by atomic mass is 19.2. The number of anilines is 1. The van der Waals surface area contributed by atoms with Gasteiger partial charge in [0, 0.05) is 18.5 Å². The Kier molecular flexibility index (Phi) is 3.12. The fourth-order valence-corrected chi connectivity index (χ4v) is 2.50. The Bertz CT molecular complexity index is 643. The summed E-state index contributed by atoms with van der Waals surface area (Å²) in [6, 6.07) is 7.92. The molecule has 1 aliphatic carbocycles. The van der Waals surface area contributed by atoms with Gasteiger partial charge in [-0.2, -0.15) is 0 Å². The van der Waals surface area contributed by atoms with Crippen molar-refractivity contribution in [3.05, 3.63) is 64.7 Å². The van der Waals surface area contributed by atoms with Gasteiger partial charge in [0.15, 0.2) is 23.3 Å². The predicted molar refractivity (Wildman–Crippen MR) is 67.7 cm³/mol. The van der Waals surface area contributed by atoms with Gasteiger partial charge >= 0.3 is 0 Å². The predicted octanol–water partition coefficient (Wildman–Crippen LogP) is 3.99. The molecule has 2 aromatic rings. The standard InChI is InChI=1S/C15H11F4N/c16-11-6-12(17)14(19)15(13(11)18)20-7-9-5-8-3-1-2-4-10(8)9/h1-4,6,9,20H,5,7H2. The van der Waals surface area contributed by atoms with Crippen LogP contribution in [0.25, 0.3) is 0 Å². The quantitative estimate of drug-likeness (QED) is 0.662. The Morgan fingerprint density at radius 3 is 2.30 bits per heavy atom. The first-order valence-electron chi connectivity index (χ1n) is 6.22. The van der Waals surface area contributed by atoms with Gasteiger partial charge in [0.25, 0.3) is 0 Å². The normalized spacial score (nSPS) is 16.5. The van der Waals surface area contributed by atoms with Crippen molar-refractivity contribution in [3.63, 3.8) is 0 Å². The van der Waals surface area contributed by atoms with Crippen LogP contribution in [0.15, 0.2) is 30.3 Å². The molecule has 0 saturated heterocycles. The van der Waals surface area contributed by atoms with E-state index in [0.717, 1.165) is 12.0 Å². The molecule has 5 heteroatoms. The highest BCUT2D eigenvalue weighted by Crippen LogP contribution is 2.35. The van der Waals surface area contributed by atoms with E-state index in [2.05, 4.69) is 5.32 Å². The molecule has 2 aromatic carbocycles. The van der Waals surface area contributed by atoms with Crippen LogP contribution in [0.3, 0.4) is 0 Å². The van der Waals surface area contributed by atoms with E-state index >= 15 is 0 Å². The van der Waals surface area contributed by atoms with Gasteiger partial charge in [0.1, 0.15) is 5.69 Å². The van der Waals surface area contributed by atoms with E-state index in [0.29, 0.717) is 0 Å². The molecule has 0 amide bonds. The van der Waals surface area contributed by atoms with Crippen molar-refractivity contribution in [1.82, 2.24) is 0 Å². The topological polar surface area (TPSA) is 12.0 Å². The lowest BCUT2D eigenvalue weighted by molar-refractivity contribution is 0.457. The summed E-state index contributed by atoms with van der Waals surface area (Å²) in [5, 5.41) is 2.48. The second-order valence-electron chi connectivity index (χ2n) is 4.82. The number of fused-ring (bicyclic) bond motifs is 1. The summed E-state index contributed by atoms with van der Waals surface area (Å²) in [5.74, 6) is -5.50. The van der Waals surface area contributed by atoms with Crippen LogP contribution in [0.5, 0.6) is 0 Å². The molecule has 1 atom stereocenters. The lowest BCUT2D eigenvalue weighted by Gasteiger charge is -2.30. The summed E-state index contributed by atoms with van der Waals surface area (Å²) in [6.45, 7) is 0.230. The molecular weight excluding hydrogens is 270 g/mol. The lowest BCUT2D eigenvalue weighted by atomic mass is 9.77. The van der Waals surface area contributed by atoms with Gasteiger partial charge in [-0.3, -0.25) is 0 Å². The molecule has 104 valence electrons. The number of hydrogen-bond acceptors (Lipinski definition) is 1. The van der Waals surface area contributed by atoms with Crippen LogP contribution in [0.2, 0.25) is 0 Å². The summed E-state index contributed by atoms with van der Waals surface area (Å²) >= 11 is 0. The van der Waals surface area contributed by atoms with Crippen LogP contribution in [-0.2, 0) is 6.42 Å². The molecule has 0 aromatic heterocycles. The molecule has 0 spiro atoms. The van der Waals surface area contributed by atoms with Crippen LogP contribution in [0.1, 0.15) is 17.0 Å².